The van der Waals surface area contributed by atoms with Crippen LogP contribution in [0.3, 0.4) is 0 Å². The van der Waals surface area contributed by atoms with Crippen molar-refractivity contribution in [2.75, 3.05) is 7.05 Å². The Labute approximate surface area is 129 Å². The third-order valence-corrected chi connectivity index (χ3v) is 4.97. The van der Waals surface area contributed by atoms with Crippen molar-refractivity contribution in [3.8, 4) is 0 Å². The Morgan fingerprint density at radius 3 is 2.32 bits per heavy atom. The van der Waals surface area contributed by atoms with E-state index in [-0.39, 0.29) is 18.0 Å². The average molecular weight is 320 g/mol. The molecule has 6 nitrogen and oxygen atoms in total. The van der Waals surface area contributed by atoms with Gasteiger partial charge >= 0.3 is 0 Å². The van der Waals surface area contributed by atoms with Gasteiger partial charge in [0.25, 0.3) is 5.69 Å². The van der Waals surface area contributed by atoms with Crippen molar-refractivity contribution in [1.82, 2.24) is 4.31 Å². The second-order valence-corrected chi connectivity index (χ2v) is 7.00. The van der Waals surface area contributed by atoms with Crippen molar-refractivity contribution >= 4 is 15.7 Å². The molecule has 0 amide bonds. The van der Waals surface area contributed by atoms with Crippen LogP contribution in [-0.4, -0.2) is 24.7 Å². The van der Waals surface area contributed by atoms with Crippen LogP contribution in [0.5, 0.6) is 0 Å². The van der Waals surface area contributed by atoms with E-state index in [0.717, 1.165) is 5.56 Å². The number of hydrogen-bond acceptors (Lipinski definition) is 4. The molecule has 0 aliphatic rings. The Hall–Kier alpha value is -2.25. The Bertz CT molecular complexity index is 760. The summed E-state index contributed by atoms with van der Waals surface area (Å²) in [7, 11) is -2.04. The van der Waals surface area contributed by atoms with Gasteiger partial charge in [0.15, 0.2) is 0 Å². The lowest BCUT2D eigenvalue weighted by Crippen LogP contribution is -2.27. The van der Waals surface area contributed by atoms with Gasteiger partial charge in [-0.25, -0.2) is 12.7 Å². The fourth-order valence-corrected chi connectivity index (χ4v) is 3.19. The van der Waals surface area contributed by atoms with Crippen LogP contribution in [0, 0.1) is 10.1 Å². The van der Waals surface area contributed by atoms with E-state index in [1.165, 1.54) is 29.6 Å². The van der Waals surface area contributed by atoms with E-state index in [1.54, 1.807) is 6.07 Å². The van der Waals surface area contributed by atoms with Crippen LogP contribution in [0.2, 0.25) is 0 Å². The molecule has 22 heavy (non-hydrogen) atoms. The smallest absolute Gasteiger partial charge is 0.258 e. The molecule has 0 aliphatic carbocycles. The fraction of sp³-hybridized carbons (Fsp3) is 0.200. The number of hydrogen-bond donors (Lipinski definition) is 0. The van der Waals surface area contributed by atoms with E-state index in [4.69, 9.17) is 0 Å². The highest BCUT2D eigenvalue weighted by atomic mass is 32.2. The number of rotatable bonds is 6. The number of nitrogens with zero attached hydrogens (tertiary/aromatic N) is 2. The molecule has 0 unspecified atom stereocenters. The molecule has 2 rings (SSSR count). The van der Waals surface area contributed by atoms with Crippen molar-refractivity contribution in [2.24, 2.45) is 0 Å². The molecule has 0 aromatic heterocycles. The van der Waals surface area contributed by atoms with Crippen molar-refractivity contribution in [2.45, 2.75) is 12.3 Å². The highest BCUT2D eigenvalue weighted by Crippen LogP contribution is 2.17. The van der Waals surface area contributed by atoms with Crippen LogP contribution in [0.1, 0.15) is 11.1 Å². The van der Waals surface area contributed by atoms with Crippen molar-refractivity contribution < 1.29 is 13.3 Å². The standard InChI is InChI=1S/C15H16N2O4S/c1-16(11-13-6-3-2-4-7-13)22(20,21)12-14-8-5-9-15(10-14)17(18)19/h2-10H,11-12H2,1H3. The van der Waals surface area contributed by atoms with Crippen molar-refractivity contribution in [3.05, 3.63) is 75.8 Å². The van der Waals surface area contributed by atoms with Gasteiger partial charge in [-0.05, 0) is 11.1 Å². The molecule has 0 spiro atoms. The first kappa shape index (κ1) is 16.1. The van der Waals surface area contributed by atoms with Gasteiger partial charge in [0, 0.05) is 25.7 Å². The van der Waals surface area contributed by atoms with Crippen LogP contribution >= 0.6 is 0 Å². The van der Waals surface area contributed by atoms with Crippen LogP contribution in [-0.2, 0) is 22.3 Å². The summed E-state index contributed by atoms with van der Waals surface area (Å²) in [5.74, 6) is -0.266. The van der Waals surface area contributed by atoms with E-state index in [9.17, 15) is 18.5 Å². The molecule has 2 aromatic carbocycles. The lowest BCUT2D eigenvalue weighted by molar-refractivity contribution is -0.384. The second-order valence-electron chi connectivity index (χ2n) is 4.92. The van der Waals surface area contributed by atoms with Gasteiger partial charge in [-0.2, -0.15) is 0 Å². The summed E-state index contributed by atoms with van der Waals surface area (Å²) >= 11 is 0. The molecule has 0 saturated carbocycles. The van der Waals surface area contributed by atoms with Gasteiger partial charge < -0.3 is 0 Å². The molecule has 0 atom stereocenters. The Morgan fingerprint density at radius 1 is 1.05 bits per heavy atom. The first-order valence-electron chi connectivity index (χ1n) is 6.60. The molecule has 0 fully saturated rings. The molecule has 0 heterocycles. The maximum atomic E-state index is 12.3. The summed E-state index contributed by atoms with van der Waals surface area (Å²) in [5, 5.41) is 10.7. The average Bonchev–Trinajstić information content (AvgIpc) is 2.48. The second kappa shape index (κ2) is 6.67. The van der Waals surface area contributed by atoms with Crippen LogP contribution in [0.25, 0.3) is 0 Å². The largest absolute Gasteiger partial charge is 0.269 e. The van der Waals surface area contributed by atoms with E-state index >= 15 is 0 Å². The molecule has 116 valence electrons. The predicted octanol–water partition coefficient (Wildman–Crippen LogP) is 2.56. The SMILES string of the molecule is CN(Cc1ccccc1)S(=O)(=O)Cc1cccc([N+](=O)[O-])c1. The predicted molar refractivity (Wildman–Crippen MR) is 83.6 cm³/mol. The van der Waals surface area contributed by atoms with Gasteiger partial charge in [-0.3, -0.25) is 10.1 Å². The van der Waals surface area contributed by atoms with Gasteiger partial charge in [0.1, 0.15) is 0 Å². The molecule has 2 aromatic rings. The third-order valence-electron chi connectivity index (χ3n) is 3.19. The zero-order valence-corrected chi connectivity index (χ0v) is 12.9. The number of benzene rings is 2. The van der Waals surface area contributed by atoms with Gasteiger partial charge in [-0.1, -0.05) is 42.5 Å². The summed E-state index contributed by atoms with van der Waals surface area (Å²) in [6.45, 7) is 0.262. The van der Waals surface area contributed by atoms with E-state index in [2.05, 4.69) is 0 Å². The first-order valence-corrected chi connectivity index (χ1v) is 8.21. The Morgan fingerprint density at radius 2 is 1.68 bits per heavy atom. The van der Waals surface area contributed by atoms with Gasteiger partial charge in [0.05, 0.1) is 10.7 Å². The quantitative estimate of drug-likeness (QED) is 0.605. The monoisotopic (exact) mass is 320 g/mol. The van der Waals surface area contributed by atoms with Crippen LogP contribution < -0.4 is 0 Å². The first-order chi connectivity index (χ1) is 10.4. The van der Waals surface area contributed by atoms with E-state index in [1.807, 2.05) is 30.3 Å². The summed E-state index contributed by atoms with van der Waals surface area (Å²) < 4.78 is 25.9. The minimum absolute atomic E-state index is 0.113. The molecule has 0 saturated heterocycles. The highest BCUT2D eigenvalue weighted by molar-refractivity contribution is 7.88. The van der Waals surface area contributed by atoms with Gasteiger partial charge in [-0.15, -0.1) is 0 Å². The zero-order chi connectivity index (χ0) is 16.2. The molecule has 7 heteroatoms. The van der Waals surface area contributed by atoms with Crippen LogP contribution in [0.4, 0.5) is 5.69 Å². The summed E-state index contributed by atoms with van der Waals surface area (Å²) in [6, 6.07) is 14.9. The molecule has 0 N–H and O–H groups in total. The summed E-state index contributed by atoms with van der Waals surface area (Å²) in [6.07, 6.45) is 0. The number of nitro benzene ring substituents is 1. The Balaban J connectivity index is 2.13. The normalized spacial score (nSPS) is 11.5. The van der Waals surface area contributed by atoms with E-state index in [0.29, 0.717) is 5.56 Å². The molecular formula is C15H16N2O4S. The molecule has 0 radical (unpaired) electrons. The van der Waals surface area contributed by atoms with Crippen LogP contribution in [0.15, 0.2) is 54.6 Å². The minimum atomic E-state index is -3.54. The zero-order valence-electron chi connectivity index (χ0n) is 12.0. The maximum Gasteiger partial charge on any atom is 0.269 e. The Kier molecular flexibility index (Phi) is 4.89. The van der Waals surface area contributed by atoms with E-state index < -0.39 is 14.9 Å². The van der Waals surface area contributed by atoms with Crippen molar-refractivity contribution in [1.29, 1.82) is 0 Å². The molecule has 0 aliphatic heterocycles. The van der Waals surface area contributed by atoms with Crippen molar-refractivity contribution in [3.63, 3.8) is 0 Å². The molecule has 0 bridgehead atoms. The number of nitro groups is 1. The molecular weight excluding hydrogens is 304 g/mol. The third kappa shape index (κ3) is 4.12. The van der Waals surface area contributed by atoms with Gasteiger partial charge in [0.2, 0.25) is 10.0 Å². The number of sulfonamides is 1. The maximum absolute atomic E-state index is 12.3. The summed E-state index contributed by atoms with van der Waals surface area (Å²) in [4.78, 5) is 10.2. The minimum Gasteiger partial charge on any atom is -0.258 e. The summed E-state index contributed by atoms with van der Waals surface area (Å²) in [5.41, 5.74) is 1.17. The lowest BCUT2D eigenvalue weighted by atomic mass is 10.2. The number of non-ortho nitro benzene ring substituents is 1. The lowest BCUT2D eigenvalue weighted by Gasteiger charge is -2.17. The fourth-order valence-electron chi connectivity index (χ4n) is 2.02. The topological polar surface area (TPSA) is 80.5 Å². The highest BCUT2D eigenvalue weighted by Gasteiger charge is 2.19.